The smallest absolute Gasteiger partial charge is 0.274 e. The number of amides is 1. The van der Waals surface area contributed by atoms with Crippen molar-refractivity contribution in [1.82, 2.24) is 14.5 Å². The molecule has 1 unspecified atom stereocenters. The standard InChI is InChI=1S/C21H21F3N4O3S/c1-25-32(30,31)15-5-2-4-14(10-15)26-20(29)19-16-6-3-7-17(22)18(16)27-28(19)12-13-8-9-21(23,24)11-13/h2-7,10,13,25H,8-9,11-12H2,1H3,(H,26,29). The quantitative estimate of drug-likeness (QED) is 0.578. The topological polar surface area (TPSA) is 93.1 Å². The van der Waals surface area contributed by atoms with Crippen LogP contribution in [0.2, 0.25) is 0 Å². The number of carbonyl (C=O) groups is 1. The molecular weight excluding hydrogens is 445 g/mol. The summed E-state index contributed by atoms with van der Waals surface area (Å²) in [5, 5.41) is 7.04. The summed E-state index contributed by atoms with van der Waals surface area (Å²) in [6.07, 6.45) is -0.283. The number of anilines is 1. The van der Waals surface area contributed by atoms with Gasteiger partial charge in [-0.05, 0) is 43.7 Å². The Hall–Kier alpha value is -2.92. The first-order chi connectivity index (χ1) is 15.1. The lowest BCUT2D eigenvalue weighted by atomic mass is 10.1. The second-order valence-electron chi connectivity index (χ2n) is 7.82. The second-order valence-corrected chi connectivity index (χ2v) is 9.71. The zero-order valence-corrected chi connectivity index (χ0v) is 17.9. The Balaban J connectivity index is 1.69. The molecule has 7 nitrogen and oxygen atoms in total. The summed E-state index contributed by atoms with van der Waals surface area (Å²) in [6.45, 7) is 0.0423. The first-order valence-electron chi connectivity index (χ1n) is 9.97. The van der Waals surface area contributed by atoms with E-state index in [1.165, 1.54) is 54.2 Å². The fraction of sp³-hybridized carbons (Fsp3) is 0.333. The second kappa shape index (κ2) is 8.21. The number of nitrogens with one attached hydrogen (secondary N) is 2. The third-order valence-corrected chi connectivity index (χ3v) is 6.96. The number of nitrogens with zero attached hydrogens (tertiary/aromatic N) is 2. The van der Waals surface area contributed by atoms with Crippen molar-refractivity contribution in [2.45, 2.75) is 36.6 Å². The van der Waals surface area contributed by atoms with E-state index in [1.54, 1.807) is 0 Å². The predicted octanol–water partition coefficient (Wildman–Crippen LogP) is 3.77. The van der Waals surface area contributed by atoms with Gasteiger partial charge in [-0.15, -0.1) is 0 Å². The molecular formula is C21H21F3N4O3S. The molecule has 0 bridgehead atoms. The molecule has 3 aromatic rings. The van der Waals surface area contributed by atoms with Gasteiger partial charge in [-0.2, -0.15) is 5.10 Å². The van der Waals surface area contributed by atoms with Gasteiger partial charge in [0.15, 0.2) is 5.82 Å². The summed E-state index contributed by atoms with van der Waals surface area (Å²) < 4.78 is 69.2. The van der Waals surface area contributed by atoms with Crippen LogP contribution in [-0.2, 0) is 16.6 Å². The zero-order valence-electron chi connectivity index (χ0n) is 17.1. The molecule has 0 aliphatic heterocycles. The molecule has 0 spiro atoms. The minimum atomic E-state index is -3.73. The first kappa shape index (κ1) is 22.3. The summed E-state index contributed by atoms with van der Waals surface area (Å²) in [6, 6.07) is 9.80. The number of carbonyl (C=O) groups excluding carboxylic acids is 1. The summed E-state index contributed by atoms with van der Waals surface area (Å²) in [4.78, 5) is 13.1. The van der Waals surface area contributed by atoms with E-state index >= 15 is 0 Å². The van der Waals surface area contributed by atoms with E-state index < -0.39 is 33.6 Å². The van der Waals surface area contributed by atoms with E-state index in [4.69, 9.17) is 0 Å². The minimum absolute atomic E-state index is 0.0246. The molecule has 1 atom stereocenters. The molecule has 1 heterocycles. The van der Waals surface area contributed by atoms with Crippen molar-refractivity contribution in [2.24, 2.45) is 5.92 Å². The highest BCUT2D eigenvalue weighted by Gasteiger charge is 2.40. The Bertz CT molecular complexity index is 1290. The normalized spacial score (nSPS) is 18.2. The highest BCUT2D eigenvalue weighted by molar-refractivity contribution is 7.89. The maximum atomic E-state index is 14.3. The Kier molecular flexibility index (Phi) is 5.72. The number of rotatable bonds is 6. The first-order valence-corrected chi connectivity index (χ1v) is 11.5. The molecule has 1 amide bonds. The summed E-state index contributed by atoms with van der Waals surface area (Å²) in [5.41, 5.74) is 0.196. The summed E-state index contributed by atoms with van der Waals surface area (Å²) >= 11 is 0. The zero-order chi connectivity index (χ0) is 23.1. The van der Waals surface area contributed by atoms with Gasteiger partial charge >= 0.3 is 0 Å². The van der Waals surface area contributed by atoms with E-state index in [9.17, 15) is 26.4 Å². The molecule has 1 aliphatic rings. The van der Waals surface area contributed by atoms with Crippen LogP contribution in [0.5, 0.6) is 0 Å². The highest BCUT2D eigenvalue weighted by atomic mass is 32.2. The van der Waals surface area contributed by atoms with Crippen molar-refractivity contribution in [3.63, 3.8) is 0 Å². The molecule has 4 rings (SSSR count). The van der Waals surface area contributed by atoms with Gasteiger partial charge < -0.3 is 5.32 Å². The average molecular weight is 466 g/mol. The predicted molar refractivity (Wildman–Crippen MR) is 113 cm³/mol. The Morgan fingerprint density at radius 2 is 2.00 bits per heavy atom. The lowest BCUT2D eigenvalue weighted by Crippen LogP contribution is -2.22. The van der Waals surface area contributed by atoms with E-state index in [0.717, 1.165) is 0 Å². The molecule has 1 aliphatic carbocycles. The molecule has 1 fully saturated rings. The summed E-state index contributed by atoms with van der Waals surface area (Å²) in [7, 11) is -2.45. The van der Waals surface area contributed by atoms with Gasteiger partial charge in [-0.1, -0.05) is 18.2 Å². The summed E-state index contributed by atoms with van der Waals surface area (Å²) in [5.74, 6) is -4.45. The lowest BCUT2D eigenvalue weighted by molar-refractivity contribution is 0.00422. The number of benzene rings is 2. The highest BCUT2D eigenvalue weighted by Crippen LogP contribution is 2.40. The molecule has 170 valence electrons. The van der Waals surface area contributed by atoms with E-state index in [-0.39, 0.29) is 53.0 Å². The third kappa shape index (κ3) is 4.35. The van der Waals surface area contributed by atoms with E-state index in [1.807, 2.05) is 0 Å². The monoisotopic (exact) mass is 466 g/mol. The van der Waals surface area contributed by atoms with Crippen LogP contribution in [0, 0.1) is 11.7 Å². The fourth-order valence-corrected chi connectivity index (χ4v) is 4.76. The van der Waals surface area contributed by atoms with E-state index in [0.29, 0.717) is 0 Å². The molecule has 1 aromatic heterocycles. The SMILES string of the molecule is CNS(=O)(=O)c1cccc(NC(=O)c2c3cccc(F)c3nn2CC2CCC(F)(F)C2)c1. The van der Waals surface area contributed by atoms with Crippen LogP contribution in [0.3, 0.4) is 0 Å². The van der Waals surface area contributed by atoms with Gasteiger partial charge in [0.25, 0.3) is 5.91 Å². The number of sulfonamides is 1. The molecule has 11 heteroatoms. The van der Waals surface area contributed by atoms with Crippen molar-refractivity contribution < 1.29 is 26.4 Å². The van der Waals surface area contributed by atoms with Crippen LogP contribution in [-0.4, -0.2) is 37.1 Å². The van der Waals surface area contributed by atoms with Crippen molar-refractivity contribution in [1.29, 1.82) is 0 Å². The molecule has 1 saturated carbocycles. The van der Waals surface area contributed by atoms with Gasteiger partial charge in [0.2, 0.25) is 15.9 Å². The maximum absolute atomic E-state index is 14.3. The Morgan fingerprint density at radius 3 is 2.69 bits per heavy atom. The molecule has 2 aromatic carbocycles. The van der Waals surface area contributed by atoms with Crippen molar-refractivity contribution in [2.75, 3.05) is 12.4 Å². The van der Waals surface area contributed by atoms with Crippen molar-refractivity contribution >= 4 is 32.5 Å². The Labute approximate surface area is 182 Å². The van der Waals surface area contributed by atoms with Crippen LogP contribution in [0.1, 0.15) is 29.8 Å². The number of aromatic nitrogens is 2. The van der Waals surface area contributed by atoms with Gasteiger partial charge in [0.1, 0.15) is 11.2 Å². The number of hydrogen-bond donors (Lipinski definition) is 2. The molecule has 0 saturated heterocycles. The largest absolute Gasteiger partial charge is 0.321 e. The number of fused-ring (bicyclic) bond motifs is 1. The van der Waals surface area contributed by atoms with E-state index in [2.05, 4.69) is 15.1 Å². The van der Waals surface area contributed by atoms with Crippen LogP contribution >= 0.6 is 0 Å². The molecule has 2 N–H and O–H groups in total. The maximum Gasteiger partial charge on any atom is 0.274 e. The third-order valence-electron chi connectivity index (χ3n) is 5.54. The lowest BCUT2D eigenvalue weighted by Gasteiger charge is -2.14. The number of halogens is 3. The van der Waals surface area contributed by atoms with Gasteiger partial charge in [-0.25, -0.2) is 26.3 Å². The number of hydrogen-bond acceptors (Lipinski definition) is 4. The van der Waals surface area contributed by atoms with Gasteiger partial charge in [-0.3, -0.25) is 9.48 Å². The van der Waals surface area contributed by atoms with Crippen LogP contribution in [0.4, 0.5) is 18.9 Å². The fourth-order valence-electron chi connectivity index (χ4n) is 3.98. The average Bonchev–Trinajstić information content (AvgIpc) is 3.28. The molecule has 32 heavy (non-hydrogen) atoms. The van der Waals surface area contributed by atoms with Crippen molar-refractivity contribution in [3.8, 4) is 0 Å². The van der Waals surface area contributed by atoms with Crippen LogP contribution in [0.15, 0.2) is 47.4 Å². The Morgan fingerprint density at radius 1 is 1.25 bits per heavy atom. The van der Waals surface area contributed by atoms with Crippen molar-refractivity contribution in [3.05, 3.63) is 54.0 Å². The van der Waals surface area contributed by atoms with Gasteiger partial charge in [0, 0.05) is 30.5 Å². The minimum Gasteiger partial charge on any atom is -0.321 e. The van der Waals surface area contributed by atoms with Crippen LogP contribution < -0.4 is 10.0 Å². The van der Waals surface area contributed by atoms with Crippen LogP contribution in [0.25, 0.3) is 10.9 Å². The number of alkyl halides is 2. The molecule has 0 radical (unpaired) electrons. The van der Waals surface area contributed by atoms with Gasteiger partial charge in [0.05, 0.1) is 4.90 Å².